The summed E-state index contributed by atoms with van der Waals surface area (Å²) < 4.78 is 41.9. The van der Waals surface area contributed by atoms with Gasteiger partial charge in [0.1, 0.15) is 18.4 Å². The van der Waals surface area contributed by atoms with E-state index in [2.05, 4.69) is 9.97 Å². The van der Waals surface area contributed by atoms with Gasteiger partial charge in [-0.05, 0) is 6.42 Å². The van der Waals surface area contributed by atoms with Crippen LogP contribution in [-0.4, -0.2) is 21.8 Å². The lowest BCUT2D eigenvalue weighted by Crippen LogP contribution is -2.09. The van der Waals surface area contributed by atoms with Crippen molar-refractivity contribution in [3.05, 3.63) is 47.5 Å². The van der Waals surface area contributed by atoms with Crippen molar-refractivity contribution in [1.82, 2.24) is 14.7 Å². The van der Waals surface area contributed by atoms with Crippen LogP contribution in [0.25, 0.3) is 22.4 Å². The highest BCUT2D eigenvalue weighted by atomic mass is 19.2. The number of halogens is 3. The van der Waals surface area contributed by atoms with Gasteiger partial charge in [0.05, 0.1) is 11.7 Å². The zero-order valence-electron chi connectivity index (χ0n) is 11.9. The van der Waals surface area contributed by atoms with Gasteiger partial charge in [-0.2, -0.15) is 4.73 Å². The number of benzene rings is 1. The van der Waals surface area contributed by atoms with E-state index in [0.717, 1.165) is 18.3 Å². The van der Waals surface area contributed by atoms with Crippen molar-refractivity contribution >= 4 is 11.0 Å². The first-order chi connectivity index (χ1) is 10.6. The molecule has 0 amide bonds. The summed E-state index contributed by atoms with van der Waals surface area (Å²) in [4.78, 5) is 13.2. The molecule has 0 aliphatic rings. The molecule has 22 heavy (non-hydrogen) atoms. The Bertz CT molecular complexity index is 861. The molecule has 4 nitrogen and oxygen atoms in total. The van der Waals surface area contributed by atoms with Gasteiger partial charge in [0.25, 0.3) is 0 Å². The van der Waals surface area contributed by atoms with E-state index in [1.54, 1.807) is 6.92 Å². The Balaban J connectivity index is 2.34. The third-order valence-corrected chi connectivity index (χ3v) is 3.44. The second-order valence-electron chi connectivity index (χ2n) is 4.67. The predicted molar refractivity (Wildman–Crippen MR) is 74.7 cm³/mol. The first kappa shape index (κ1) is 14.4. The number of rotatable bonds is 3. The van der Waals surface area contributed by atoms with Crippen molar-refractivity contribution < 1.29 is 18.0 Å². The van der Waals surface area contributed by atoms with Crippen molar-refractivity contribution in [2.45, 2.75) is 13.3 Å². The monoisotopic (exact) mass is 307 g/mol. The second-order valence-corrected chi connectivity index (χ2v) is 4.67. The van der Waals surface area contributed by atoms with E-state index >= 15 is 0 Å². The van der Waals surface area contributed by atoms with Gasteiger partial charge in [0.2, 0.25) is 0 Å². The molecule has 114 valence electrons. The van der Waals surface area contributed by atoms with Crippen molar-refractivity contribution in [3.8, 4) is 11.4 Å². The van der Waals surface area contributed by atoms with E-state index in [4.69, 9.17) is 4.84 Å². The largest absolute Gasteiger partial charge is 0.415 e. The van der Waals surface area contributed by atoms with Crippen LogP contribution in [-0.2, 0) is 6.42 Å². The Labute approximate surface area is 124 Å². The fraction of sp³-hybridized carbons (Fsp3) is 0.200. The molecule has 0 saturated carbocycles. The van der Waals surface area contributed by atoms with Crippen LogP contribution in [0.5, 0.6) is 0 Å². The Morgan fingerprint density at radius 3 is 2.50 bits per heavy atom. The molecule has 2 aromatic heterocycles. The molecule has 0 bridgehead atoms. The molecular formula is C15H12F3N3O. The SMILES string of the molecule is CCc1c(F)cncc1-c1nc2cc(F)c(F)cc2n1OC. The summed E-state index contributed by atoms with van der Waals surface area (Å²) in [6, 6.07) is 1.96. The predicted octanol–water partition coefficient (Wildman–Crippen LogP) is 3.14. The maximum Gasteiger partial charge on any atom is 0.178 e. The summed E-state index contributed by atoms with van der Waals surface area (Å²) in [5.74, 6) is -2.24. The van der Waals surface area contributed by atoms with E-state index in [1.165, 1.54) is 18.0 Å². The molecule has 0 fully saturated rings. The van der Waals surface area contributed by atoms with E-state index in [9.17, 15) is 13.2 Å². The summed E-state index contributed by atoms with van der Waals surface area (Å²) >= 11 is 0. The number of aromatic nitrogens is 3. The molecule has 0 aliphatic carbocycles. The fourth-order valence-corrected chi connectivity index (χ4v) is 2.42. The Kier molecular flexibility index (Phi) is 3.48. The molecule has 0 unspecified atom stereocenters. The van der Waals surface area contributed by atoms with Gasteiger partial charge in [-0.25, -0.2) is 18.2 Å². The summed E-state index contributed by atoms with van der Waals surface area (Å²) in [6.45, 7) is 1.79. The van der Waals surface area contributed by atoms with Crippen LogP contribution in [0.3, 0.4) is 0 Å². The minimum atomic E-state index is -1.01. The highest BCUT2D eigenvalue weighted by Crippen LogP contribution is 2.28. The fourth-order valence-electron chi connectivity index (χ4n) is 2.42. The average Bonchev–Trinajstić information content (AvgIpc) is 2.84. The first-order valence-electron chi connectivity index (χ1n) is 6.61. The van der Waals surface area contributed by atoms with Crippen LogP contribution < -0.4 is 4.84 Å². The topological polar surface area (TPSA) is 39.9 Å². The molecule has 3 aromatic rings. The van der Waals surface area contributed by atoms with E-state index in [0.29, 0.717) is 17.5 Å². The number of fused-ring (bicyclic) bond motifs is 1. The Morgan fingerprint density at radius 1 is 1.09 bits per heavy atom. The van der Waals surface area contributed by atoms with Crippen molar-refractivity contribution in [1.29, 1.82) is 0 Å². The van der Waals surface area contributed by atoms with Crippen LogP contribution in [0.4, 0.5) is 13.2 Å². The smallest absolute Gasteiger partial charge is 0.178 e. The third-order valence-electron chi connectivity index (χ3n) is 3.44. The average molecular weight is 307 g/mol. The lowest BCUT2D eigenvalue weighted by molar-refractivity contribution is 0.181. The Morgan fingerprint density at radius 2 is 1.82 bits per heavy atom. The minimum Gasteiger partial charge on any atom is -0.415 e. The zero-order valence-corrected chi connectivity index (χ0v) is 11.9. The molecule has 7 heteroatoms. The van der Waals surface area contributed by atoms with Gasteiger partial charge < -0.3 is 4.84 Å². The molecule has 0 aliphatic heterocycles. The van der Waals surface area contributed by atoms with Crippen LogP contribution >= 0.6 is 0 Å². The van der Waals surface area contributed by atoms with Crippen LogP contribution in [0.15, 0.2) is 24.5 Å². The van der Waals surface area contributed by atoms with E-state index in [1.807, 2.05) is 0 Å². The molecule has 0 saturated heterocycles. The standard InChI is InChI=1S/C15H12F3N3O/c1-3-8-9(6-19-7-12(8)18)15-20-13-4-10(16)11(17)5-14(13)21(15)22-2/h4-7H,3H2,1-2H3. The van der Waals surface area contributed by atoms with Crippen molar-refractivity contribution in [3.63, 3.8) is 0 Å². The molecule has 1 aromatic carbocycles. The van der Waals surface area contributed by atoms with Gasteiger partial charge in [0, 0.05) is 29.5 Å². The van der Waals surface area contributed by atoms with E-state index < -0.39 is 17.5 Å². The molecule has 0 spiro atoms. The van der Waals surface area contributed by atoms with Gasteiger partial charge in [-0.1, -0.05) is 6.92 Å². The summed E-state index contributed by atoms with van der Waals surface area (Å²) in [5, 5.41) is 0. The summed E-state index contributed by atoms with van der Waals surface area (Å²) in [7, 11) is 1.37. The number of hydrogen-bond donors (Lipinski definition) is 0. The summed E-state index contributed by atoms with van der Waals surface area (Å²) in [6.07, 6.45) is 2.98. The lowest BCUT2D eigenvalue weighted by Gasteiger charge is -2.10. The van der Waals surface area contributed by atoms with E-state index in [-0.39, 0.29) is 16.9 Å². The number of hydrogen-bond acceptors (Lipinski definition) is 3. The highest BCUT2D eigenvalue weighted by Gasteiger charge is 2.20. The number of imidazole rings is 1. The first-order valence-corrected chi connectivity index (χ1v) is 6.61. The minimum absolute atomic E-state index is 0.210. The van der Waals surface area contributed by atoms with Gasteiger partial charge in [0.15, 0.2) is 17.5 Å². The Hall–Kier alpha value is -2.57. The molecular weight excluding hydrogens is 295 g/mol. The zero-order chi connectivity index (χ0) is 15.9. The molecule has 0 N–H and O–H groups in total. The van der Waals surface area contributed by atoms with Gasteiger partial charge >= 0.3 is 0 Å². The molecule has 0 atom stereocenters. The number of nitrogens with zero attached hydrogens (tertiary/aromatic N) is 3. The lowest BCUT2D eigenvalue weighted by atomic mass is 10.1. The number of pyridine rings is 1. The van der Waals surface area contributed by atoms with Crippen LogP contribution in [0, 0.1) is 17.5 Å². The molecule has 0 radical (unpaired) electrons. The second kappa shape index (κ2) is 5.32. The van der Waals surface area contributed by atoms with Gasteiger partial charge in [-0.3, -0.25) is 4.98 Å². The molecule has 3 rings (SSSR count). The van der Waals surface area contributed by atoms with Crippen LogP contribution in [0.1, 0.15) is 12.5 Å². The van der Waals surface area contributed by atoms with Crippen molar-refractivity contribution in [2.24, 2.45) is 0 Å². The maximum atomic E-state index is 13.9. The maximum absolute atomic E-state index is 13.9. The highest BCUT2D eigenvalue weighted by molar-refractivity contribution is 5.81. The quantitative estimate of drug-likeness (QED) is 0.746. The third kappa shape index (κ3) is 2.09. The normalized spacial score (nSPS) is 11.1. The summed E-state index contributed by atoms with van der Waals surface area (Å²) in [5.41, 5.74) is 1.29. The van der Waals surface area contributed by atoms with Crippen molar-refractivity contribution in [2.75, 3.05) is 7.11 Å². The van der Waals surface area contributed by atoms with Crippen LogP contribution in [0.2, 0.25) is 0 Å². The molecule has 2 heterocycles. The van der Waals surface area contributed by atoms with Gasteiger partial charge in [-0.15, -0.1) is 0 Å².